The molecule has 0 unspecified atom stereocenters. The molecule has 198 valence electrons. The van der Waals surface area contributed by atoms with E-state index in [2.05, 4.69) is 36.4 Å². The van der Waals surface area contributed by atoms with Crippen molar-refractivity contribution in [1.82, 2.24) is 0 Å². The Morgan fingerprint density at radius 2 is 1.18 bits per heavy atom. The Balaban J connectivity index is 1.65. The number of carboxylic acids is 1. The topological polar surface area (TPSA) is 89.9 Å². The number of rotatable bonds is 11. The SMILES string of the molecule is CC1(C)OC(=O)C(CCCSC(c2ccccc2)(c2ccccc2)c2ccccc2)(CCC(=O)O)C(=O)O1. The van der Waals surface area contributed by atoms with E-state index in [-0.39, 0.29) is 19.3 Å². The molecule has 3 aromatic carbocycles. The van der Waals surface area contributed by atoms with E-state index in [0.717, 1.165) is 16.7 Å². The summed E-state index contributed by atoms with van der Waals surface area (Å²) >= 11 is 1.72. The van der Waals surface area contributed by atoms with Gasteiger partial charge in [-0.1, -0.05) is 91.0 Å². The quantitative estimate of drug-likeness (QED) is 0.136. The van der Waals surface area contributed by atoms with Gasteiger partial charge in [0.25, 0.3) is 5.79 Å². The molecule has 0 atom stereocenters. The third-order valence-corrected chi connectivity index (χ3v) is 8.46. The maximum atomic E-state index is 13.1. The molecule has 1 aliphatic heterocycles. The number of thioether (sulfide) groups is 1. The molecule has 1 saturated heterocycles. The standard InChI is InChI=1S/C31H32O6S/c1-29(2)36-27(34)30(28(35)37-29,21-19-26(32)33)20-12-22-38-31(23-13-6-3-7-14-23,24-15-8-4-9-16-24)25-17-10-5-11-18-25/h3-11,13-18H,12,19-22H2,1-2H3,(H,32,33). The summed E-state index contributed by atoms with van der Waals surface area (Å²) in [5, 5.41) is 9.28. The third-order valence-electron chi connectivity index (χ3n) is 6.83. The number of ether oxygens (including phenoxy) is 2. The van der Waals surface area contributed by atoms with Gasteiger partial charge in [-0.15, -0.1) is 11.8 Å². The average molecular weight is 533 g/mol. The molecule has 38 heavy (non-hydrogen) atoms. The van der Waals surface area contributed by atoms with Crippen molar-refractivity contribution in [2.45, 2.75) is 50.1 Å². The zero-order valence-corrected chi connectivity index (χ0v) is 22.4. The van der Waals surface area contributed by atoms with Crippen molar-refractivity contribution in [1.29, 1.82) is 0 Å². The monoisotopic (exact) mass is 532 g/mol. The number of hydrogen-bond acceptors (Lipinski definition) is 6. The van der Waals surface area contributed by atoms with Crippen LogP contribution < -0.4 is 0 Å². The molecule has 1 fully saturated rings. The summed E-state index contributed by atoms with van der Waals surface area (Å²) in [6, 6.07) is 30.8. The molecule has 0 amide bonds. The average Bonchev–Trinajstić information content (AvgIpc) is 2.91. The summed E-state index contributed by atoms with van der Waals surface area (Å²) in [5.41, 5.74) is 1.70. The van der Waals surface area contributed by atoms with Gasteiger partial charge in [0.15, 0.2) is 5.41 Å². The second-order valence-corrected chi connectivity index (χ2v) is 11.2. The Labute approximate surface area is 227 Å². The highest BCUT2D eigenvalue weighted by molar-refractivity contribution is 8.00. The lowest BCUT2D eigenvalue weighted by Gasteiger charge is -2.40. The second-order valence-electron chi connectivity index (χ2n) is 9.89. The first-order chi connectivity index (χ1) is 18.2. The molecule has 0 aromatic heterocycles. The number of aliphatic carboxylic acids is 1. The number of carbonyl (C=O) groups is 3. The molecule has 7 heteroatoms. The molecular formula is C31H32O6S. The molecule has 0 spiro atoms. The van der Waals surface area contributed by atoms with Gasteiger partial charge in [-0.05, 0) is 41.7 Å². The highest BCUT2D eigenvalue weighted by atomic mass is 32.2. The number of carboxylic acid groups (broad SMARTS) is 1. The van der Waals surface area contributed by atoms with Crippen LogP contribution in [-0.2, 0) is 28.6 Å². The molecular weight excluding hydrogens is 500 g/mol. The first-order valence-corrected chi connectivity index (χ1v) is 13.7. The van der Waals surface area contributed by atoms with Crippen LogP contribution in [0.4, 0.5) is 0 Å². The van der Waals surface area contributed by atoms with Gasteiger partial charge in [0.1, 0.15) is 0 Å². The van der Waals surface area contributed by atoms with E-state index < -0.39 is 33.9 Å². The van der Waals surface area contributed by atoms with Crippen LogP contribution in [0.25, 0.3) is 0 Å². The first kappa shape index (κ1) is 27.5. The van der Waals surface area contributed by atoms with Gasteiger partial charge >= 0.3 is 17.9 Å². The Kier molecular flexibility index (Phi) is 8.26. The zero-order chi connectivity index (χ0) is 27.2. The third kappa shape index (κ3) is 5.63. The maximum Gasteiger partial charge on any atom is 0.326 e. The van der Waals surface area contributed by atoms with Gasteiger partial charge in [0.05, 0.1) is 4.75 Å². The van der Waals surface area contributed by atoms with Crippen LogP contribution >= 0.6 is 11.8 Å². The summed E-state index contributed by atoms with van der Waals surface area (Å²) < 4.78 is 10.3. The number of carbonyl (C=O) groups excluding carboxylic acids is 2. The smallest absolute Gasteiger partial charge is 0.326 e. The van der Waals surface area contributed by atoms with Crippen LogP contribution in [0.1, 0.15) is 56.2 Å². The fourth-order valence-corrected chi connectivity index (χ4v) is 6.47. The van der Waals surface area contributed by atoms with E-state index >= 15 is 0 Å². The number of cyclic esters (lactones) is 2. The minimum Gasteiger partial charge on any atom is -0.481 e. The first-order valence-electron chi connectivity index (χ1n) is 12.7. The lowest BCUT2D eigenvalue weighted by molar-refractivity contribution is -0.252. The lowest BCUT2D eigenvalue weighted by Crippen LogP contribution is -2.54. The summed E-state index contributed by atoms with van der Waals surface area (Å²) in [6.45, 7) is 2.99. The summed E-state index contributed by atoms with van der Waals surface area (Å²) in [5.74, 6) is -3.30. The molecule has 1 N–H and O–H groups in total. The Hall–Kier alpha value is -3.58. The van der Waals surface area contributed by atoms with Gasteiger partial charge in [-0.25, -0.2) is 0 Å². The predicted octanol–water partition coefficient (Wildman–Crippen LogP) is 6.18. The molecule has 4 rings (SSSR count). The van der Waals surface area contributed by atoms with Crippen LogP contribution in [0.3, 0.4) is 0 Å². The number of benzene rings is 3. The van der Waals surface area contributed by atoms with Crippen molar-refractivity contribution >= 4 is 29.7 Å². The van der Waals surface area contributed by atoms with Gasteiger partial charge in [-0.3, -0.25) is 14.4 Å². The van der Waals surface area contributed by atoms with Gasteiger partial charge in [0.2, 0.25) is 0 Å². The molecule has 0 aliphatic carbocycles. The predicted molar refractivity (Wildman–Crippen MR) is 146 cm³/mol. The van der Waals surface area contributed by atoms with Crippen molar-refractivity contribution < 1.29 is 29.0 Å². The normalized spacial score (nSPS) is 16.4. The second kappa shape index (κ2) is 11.4. The van der Waals surface area contributed by atoms with Crippen molar-refractivity contribution in [3.63, 3.8) is 0 Å². The van der Waals surface area contributed by atoms with E-state index in [1.54, 1.807) is 11.8 Å². The molecule has 1 heterocycles. The van der Waals surface area contributed by atoms with Crippen LogP contribution in [0.15, 0.2) is 91.0 Å². The van der Waals surface area contributed by atoms with Crippen molar-refractivity contribution in [3.8, 4) is 0 Å². The Morgan fingerprint density at radius 3 is 1.58 bits per heavy atom. The van der Waals surface area contributed by atoms with E-state index in [4.69, 9.17) is 9.47 Å². The largest absolute Gasteiger partial charge is 0.481 e. The lowest BCUT2D eigenvalue weighted by atomic mass is 9.78. The zero-order valence-electron chi connectivity index (χ0n) is 21.6. The van der Waals surface area contributed by atoms with Gasteiger partial charge in [-0.2, -0.15) is 0 Å². The van der Waals surface area contributed by atoms with Crippen LogP contribution in [0.5, 0.6) is 0 Å². The molecule has 0 radical (unpaired) electrons. The molecule has 3 aromatic rings. The minimum atomic E-state index is -1.64. The molecule has 0 saturated carbocycles. The molecule has 0 bridgehead atoms. The highest BCUT2D eigenvalue weighted by Crippen LogP contribution is 2.49. The van der Waals surface area contributed by atoms with E-state index in [0.29, 0.717) is 12.2 Å². The Bertz CT molecular complexity index is 1140. The number of hydrogen-bond donors (Lipinski definition) is 1. The summed E-state index contributed by atoms with van der Waals surface area (Å²) in [6.07, 6.45) is 0.111. The number of esters is 2. The van der Waals surface area contributed by atoms with E-state index in [1.807, 2.05) is 54.6 Å². The van der Waals surface area contributed by atoms with Gasteiger partial charge < -0.3 is 14.6 Å². The molecule has 1 aliphatic rings. The minimum absolute atomic E-state index is 0.134. The van der Waals surface area contributed by atoms with Crippen LogP contribution in [0.2, 0.25) is 0 Å². The fraction of sp³-hybridized carbons (Fsp3) is 0.323. The van der Waals surface area contributed by atoms with E-state index in [1.165, 1.54) is 13.8 Å². The van der Waals surface area contributed by atoms with Crippen LogP contribution in [0, 0.1) is 5.41 Å². The van der Waals surface area contributed by atoms with Crippen molar-refractivity contribution in [3.05, 3.63) is 108 Å². The Morgan fingerprint density at radius 1 is 0.763 bits per heavy atom. The van der Waals surface area contributed by atoms with Crippen LogP contribution in [-0.4, -0.2) is 34.6 Å². The summed E-state index contributed by atoms with van der Waals surface area (Å²) in [4.78, 5) is 37.5. The van der Waals surface area contributed by atoms with Crippen molar-refractivity contribution in [2.75, 3.05) is 5.75 Å². The van der Waals surface area contributed by atoms with E-state index in [9.17, 15) is 19.5 Å². The maximum absolute atomic E-state index is 13.1. The highest BCUT2D eigenvalue weighted by Gasteiger charge is 2.55. The molecule has 6 nitrogen and oxygen atoms in total. The summed E-state index contributed by atoms with van der Waals surface area (Å²) in [7, 11) is 0. The van der Waals surface area contributed by atoms with Gasteiger partial charge in [0, 0.05) is 20.3 Å². The fourth-order valence-electron chi connectivity index (χ4n) is 4.97. The van der Waals surface area contributed by atoms with Crippen molar-refractivity contribution in [2.24, 2.45) is 5.41 Å².